The van der Waals surface area contributed by atoms with Gasteiger partial charge < -0.3 is 10.6 Å². The highest BCUT2D eigenvalue weighted by molar-refractivity contribution is 5.83. The van der Waals surface area contributed by atoms with Gasteiger partial charge in [0.25, 0.3) is 0 Å². The molecule has 88 valence electrons. The van der Waals surface area contributed by atoms with Gasteiger partial charge in [0.2, 0.25) is 5.91 Å². The minimum atomic E-state index is -0.260. The number of tetrazole rings is 1. The summed E-state index contributed by atoms with van der Waals surface area (Å²) in [6.07, 6.45) is 1.74. The summed E-state index contributed by atoms with van der Waals surface area (Å²) in [6.45, 7) is 4.03. The van der Waals surface area contributed by atoms with Gasteiger partial charge in [-0.25, -0.2) is 0 Å². The molecular formula is C9H16N6O. The standard InChI is InChI=1S/C9H16N6O/c1-2-9(3-4-10-6-9)8(16)11-5-7-12-14-15-13-7/h10H,2-6H2,1H3,(H,11,16)(H,12,13,14,15). The number of H-pyrrole nitrogens is 1. The zero-order chi connectivity index (χ0) is 11.4. The van der Waals surface area contributed by atoms with Crippen molar-refractivity contribution in [2.24, 2.45) is 5.41 Å². The Kier molecular flexibility index (Phi) is 3.14. The molecule has 3 N–H and O–H groups in total. The first-order valence-corrected chi connectivity index (χ1v) is 5.48. The van der Waals surface area contributed by atoms with Crippen molar-refractivity contribution in [3.63, 3.8) is 0 Å². The van der Waals surface area contributed by atoms with Gasteiger partial charge in [0.05, 0.1) is 12.0 Å². The summed E-state index contributed by atoms with van der Waals surface area (Å²) >= 11 is 0. The van der Waals surface area contributed by atoms with Crippen LogP contribution >= 0.6 is 0 Å². The molecule has 0 radical (unpaired) electrons. The Morgan fingerprint density at radius 3 is 3.06 bits per heavy atom. The van der Waals surface area contributed by atoms with Crippen LogP contribution < -0.4 is 10.6 Å². The van der Waals surface area contributed by atoms with E-state index in [0.717, 1.165) is 25.9 Å². The van der Waals surface area contributed by atoms with E-state index in [4.69, 9.17) is 0 Å². The molecule has 0 aliphatic carbocycles. The zero-order valence-electron chi connectivity index (χ0n) is 9.29. The maximum Gasteiger partial charge on any atom is 0.227 e. The first-order chi connectivity index (χ1) is 7.77. The van der Waals surface area contributed by atoms with Gasteiger partial charge in [0.15, 0.2) is 5.82 Å². The molecule has 1 amide bonds. The fourth-order valence-corrected chi connectivity index (χ4v) is 2.00. The molecule has 1 aromatic rings. The highest BCUT2D eigenvalue weighted by Crippen LogP contribution is 2.29. The summed E-state index contributed by atoms with van der Waals surface area (Å²) in [7, 11) is 0. The van der Waals surface area contributed by atoms with Crippen LogP contribution in [-0.2, 0) is 11.3 Å². The van der Waals surface area contributed by atoms with Gasteiger partial charge in [-0.15, -0.1) is 10.2 Å². The van der Waals surface area contributed by atoms with Crippen LogP contribution in [0.25, 0.3) is 0 Å². The number of rotatable bonds is 4. The summed E-state index contributed by atoms with van der Waals surface area (Å²) in [5, 5.41) is 19.4. The van der Waals surface area contributed by atoms with E-state index in [0.29, 0.717) is 12.4 Å². The first kappa shape index (κ1) is 11.0. The predicted octanol–water partition coefficient (Wildman–Crippen LogP) is -0.794. The molecule has 16 heavy (non-hydrogen) atoms. The molecule has 1 unspecified atom stereocenters. The zero-order valence-corrected chi connectivity index (χ0v) is 9.29. The number of carbonyl (C=O) groups excluding carboxylic acids is 1. The average molecular weight is 224 g/mol. The molecule has 0 spiro atoms. The van der Waals surface area contributed by atoms with Crippen LogP contribution in [0.5, 0.6) is 0 Å². The number of aromatic amines is 1. The molecule has 1 saturated heterocycles. The Labute approximate surface area is 93.4 Å². The molecule has 2 rings (SSSR count). The molecule has 1 fully saturated rings. The minimum Gasteiger partial charge on any atom is -0.348 e. The maximum atomic E-state index is 12.1. The quantitative estimate of drug-likeness (QED) is 0.622. The monoisotopic (exact) mass is 224 g/mol. The summed E-state index contributed by atoms with van der Waals surface area (Å²) < 4.78 is 0. The number of amides is 1. The Bertz CT molecular complexity index is 343. The third kappa shape index (κ3) is 2.04. The van der Waals surface area contributed by atoms with E-state index in [1.165, 1.54) is 0 Å². The lowest BCUT2D eigenvalue weighted by atomic mass is 9.83. The number of nitrogens with one attached hydrogen (secondary N) is 3. The normalized spacial score (nSPS) is 24.6. The van der Waals surface area contributed by atoms with E-state index < -0.39 is 0 Å². The van der Waals surface area contributed by atoms with Gasteiger partial charge in [-0.2, -0.15) is 5.21 Å². The van der Waals surface area contributed by atoms with E-state index in [9.17, 15) is 4.79 Å². The lowest BCUT2D eigenvalue weighted by Gasteiger charge is -2.24. The van der Waals surface area contributed by atoms with Crippen molar-refractivity contribution in [1.29, 1.82) is 0 Å². The van der Waals surface area contributed by atoms with Gasteiger partial charge in [-0.3, -0.25) is 4.79 Å². The Morgan fingerprint density at radius 2 is 2.50 bits per heavy atom. The number of aromatic nitrogens is 4. The Balaban J connectivity index is 1.91. The van der Waals surface area contributed by atoms with Gasteiger partial charge >= 0.3 is 0 Å². The summed E-state index contributed by atoms with van der Waals surface area (Å²) in [6, 6.07) is 0. The van der Waals surface area contributed by atoms with Crippen molar-refractivity contribution >= 4 is 5.91 Å². The number of carbonyl (C=O) groups is 1. The smallest absolute Gasteiger partial charge is 0.227 e. The molecule has 7 nitrogen and oxygen atoms in total. The summed E-state index contributed by atoms with van der Waals surface area (Å²) in [4.78, 5) is 12.1. The highest BCUT2D eigenvalue weighted by Gasteiger charge is 2.39. The molecule has 0 bridgehead atoms. The van der Waals surface area contributed by atoms with Crippen LogP contribution in [0.1, 0.15) is 25.6 Å². The molecular weight excluding hydrogens is 208 g/mol. The lowest BCUT2D eigenvalue weighted by Crippen LogP contribution is -2.42. The SMILES string of the molecule is CCC1(C(=O)NCc2nn[nH]n2)CCNC1. The second-order valence-corrected chi connectivity index (χ2v) is 4.07. The van der Waals surface area contributed by atoms with Crippen molar-refractivity contribution in [2.45, 2.75) is 26.3 Å². The van der Waals surface area contributed by atoms with E-state index in [1.807, 2.05) is 6.92 Å². The van der Waals surface area contributed by atoms with Crippen molar-refractivity contribution in [1.82, 2.24) is 31.3 Å². The van der Waals surface area contributed by atoms with Crippen molar-refractivity contribution in [3.05, 3.63) is 5.82 Å². The molecule has 0 saturated carbocycles. The summed E-state index contributed by atoms with van der Waals surface area (Å²) in [5.41, 5.74) is -0.260. The van der Waals surface area contributed by atoms with E-state index in [2.05, 4.69) is 31.3 Å². The van der Waals surface area contributed by atoms with Gasteiger partial charge in [0.1, 0.15) is 0 Å². The fourth-order valence-electron chi connectivity index (χ4n) is 2.00. The van der Waals surface area contributed by atoms with Crippen molar-refractivity contribution < 1.29 is 4.79 Å². The van der Waals surface area contributed by atoms with Crippen LogP contribution in [0.4, 0.5) is 0 Å². The number of nitrogens with zero attached hydrogens (tertiary/aromatic N) is 3. The second-order valence-electron chi connectivity index (χ2n) is 4.07. The first-order valence-electron chi connectivity index (χ1n) is 5.48. The Hall–Kier alpha value is -1.50. The van der Waals surface area contributed by atoms with Crippen LogP contribution in [-0.4, -0.2) is 39.6 Å². The Morgan fingerprint density at radius 1 is 1.62 bits per heavy atom. The third-order valence-corrected chi connectivity index (χ3v) is 3.20. The second kappa shape index (κ2) is 4.56. The lowest BCUT2D eigenvalue weighted by molar-refractivity contribution is -0.130. The molecule has 2 heterocycles. The van der Waals surface area contributed by atoms with Crippen LogP contribution in [0, 0.1) is 5.41 Å². The molecule has 1 aliphatic heterocycles. The van der Waals surface area contributed by atoms with Crippen LogP contribution in [0.3, 0.4) is 0 Å². The highest BCUT2D eigenvalue weighted by atomic mass is 16.2. The van der Waals surface area contributed by atoms with Gasteiger partial charge in [-0.1, -0.05) is 12.1 Å². The van der Waals surface area contributed by atoms with Crippen LogP contribution in [0.2, 0.25) is 0 Å². The van der Waals surface area contributed by atoms with Crippen LogP contribution in [0.15, 0.2) is 0 Å². The molecule has 1 aliphatic rings. The molecule has 0 aromatic carbocycles. The van der Waals surface area contributed by atoms with E-state index >= 15 is 0 Å². The van der Waals surface area contributed by atoms with Crippen molar-refractivity contribution in [2.75, 3.05) is 13.1 Å². The van der Waals surface area contributed by atoms with E-state index in [-0.39, 0.29) is 11.3 Å². The maximum absolute atomic E-state index is 12.1. The predicted molar refractivity (Wildman–Crippen MR) is 56.2 cm³/mol. The van der Waals surface area contributed by atoms with Crippen molar-refractivity contribution in [3.8, 4) is 0 Å². The fraction of sp³-hybridized carbons (Fsp3) is 0.778. The van der Waals surface area contributed by atoms with Gasteiger partial charge in [-0.05, 0) is 19.4 Å². The minimum absolute atomic E-state index is 0.0739. The number of hydrogen-bond donors (Lipinski definition) is 3. The molecule has 1 aromatic heterocycles. The molecule has 1 atom stereocenters. The van der Waals surface area contributed by atoms with E-state index in [1.54, 1.807) is 0 Å². The third-order valence-electron chi connectivity index (χ3n) is 3.20. The number of hydrogen-bond acceptors (Lipinski definition) is 5. The average Bonchev–Trinajstić information content (AvgIpc) is 2.97. The largest absolute Gasteiger partial charge is 0.348 e. The van der Waals surface area contributed by atoms with Gasteiger partial charge in [0, 0.05) is 6.54 Å². The molecule has 7 heteroatoms. The summed E-state index contributed by atoms with van der Waals surface area (Å²) in [5.74, 6) is 0.579. The topological polar surface area (TPSA) is 95.6 Å².